The van der Waals surface area contributed by atoms with Crippen LogP contribution in [0.4, 0.5) is 8.78 Å². The van der Waals surface area contributed by atoms with Crippen molar-refractivity contribution < 1.29 is 13.5 Å². The van der Waals surface area contributed by atoms with Crippen LogP contribution in [-0.2, 0) is 11.2 Å². The smallest absolute Gasteiger partial charge is 0.182 e. The summed E-state index contributed by atoms with van der Waals surface area (Å²) < 4.78 is 33.1. The van der Waals surface area contributed by atoms with Crippen molar-refractivity contribution in [2.75, 3.05) is 6.61 Å². The summed E-state index contributed by atoms with van der Waals surface area (Å²) in [5, 5.41) is 4.22. The number of hydrogen-bond donors (Lipinski definition) is 0. The van der Waals surface area contributed by atoms with Gasteiger partial charge in [0.2, 0.25) is 0 Å². The number of ether oxygens (including phenoxy) is 1. The highest BCUT2D eigenvalue weighted by molar-refractivity contribution is 5.34. The lowest BCUT2D eigenvalue weighted by molar-refractivity contribution is 0.406. The summed E-state index contributed by atoms with van der Waals surface area (Å²) in [6.07, 6.45) is 0.524. The molecule has 1 aliphatic rings. The molecular formula is C12H11F2N3O. The Labute approximate surface area is 102 Å². The number of benzene rings is 1. The van der Waals surface area contributed by atoms with Crippen molar-refractivity contribution in [3.05, 3.63) is 41.5 Å². The Morgan fingerprint density at radius 3 is 2.83 bits per heavy atom. The predicted octanol–water partition coefficient (Wildman–Crippen LogP) is 2.18. The Balaban J connectivity index is 2.09. The molecule has 1 saturated heterocycles. The van der Waals surface area contributed by atoms with Gasteiger partial charge in [-0.05, 0) is 12.1 Å². The molecule has 0 aliphatic carbocycles. The molecule has 1 aliphatic heterocycles. The summed E-state index contributed by atoms with van der Waals surface area (Å²) in [7, 11) is 0. The van der Waals surface area contributed by atoms with Crippen molar-refractivity contribution >= 4 is 0 Å². The van der Waals surface area contributed by atoms with E-state index >= 15 is 0 Å². The van der Waals surface area contributed by atoms with Gasteiger partial charge >= 0.3 is 0 Å². The minimum Gasteiger partial charge on any atom is -0.365 e. The number of aryl methyl sites for hydroxylation is 1. The van der Waals surface area contributed by atoms with E-state index in [-0.39, 0.29) is 11.8 Å². The molecule has 0 bridgehead atoms. The number of halogens is 2. The van der Waals surface area contributed by atoms with E-state index in [2.05, 4.69) is 10.1 Å². The van der Waals surface area contributed by atoms with Crippen LogP contribution in [0.15, 0.2) is 18.2 Å². The molecule has 6 heteroatoms. The van der Waals surface area contributed by atoms with Crippen molar-refractivity contribution in [2.45, 2.75) is 19.4 Å². The van der Waals surface area contributed by atoms with Crippen LogP contribution in [0, 0.1) is 11.6 Å². The third kappa shape index (κ3) is 1.88. The maximum absolute atomic E-state index is 13.7. The number of epoxide rings is 1. The maximum atomic E-state index is 13.7. The van der Waals surface area contributed by atoms with Crippen LogP contribution < -0.4 is 0 Å². The summed E-state index contributed by atoms with van der Waals surface area (Å²) in [6.45, 7) is 2.50. The van der Waals surface area contributed by atoms with E-state index in [4.69, 9.17) is 4.74 Å². The molecule has 0 N–H and O–H groups in total. The van der Waals surface area contributed by atoms with Gasteiger partial charge in [0.15, 0.2) is 11.6 Å². The first kappa shape index (κ1) is 11.3. The molecule has 18 heavy (non-hydrogen) atoms. The molecular weight excluding hydrogens is 240 g/mol. The molecule has 0 amide bonds. The molecule has 2 aromatic rings. The molecule has 1 unspecified atom stereocenters. The summed E-state index contributed by atoms with van der Waals surface area (Å²) in [6, 6.07) is 3.40. The Bertz CT molecular complexity index is 593. The van der Waals surface area contributed by atoms with Crippen molar-refractivity contribution in [2.24, 2.45) is 0 Å². The molecule has 2 heterocycles. The maximum Gasteiger partial charge on any atom is 0.182 e. The van der Waals surface area contributed by atoms with Gasteiger partial charge in [-0.15, -0.1) is 5.10 Å². The van der Waals surface area contributed by atoms with Gasteiger partial charge in [-0.1, -0.05) is 6.92 Å². The summed E-state index contributed by atoms with van der Waals surface area (Å²) >= 11 is 0. The van der Waals surface area contributed by atoms with Crippen LogP contribution in [0.3, 0.4) is 0 Å². The van der Waals surface area contributed by atoms with E-state index in [1.54, 1.807) is 0 Å². The molecule has 1 atom stereocenters. The molecule has 0 spiro atoms. The van der Waals surface area contributed by atoms with Gasteiger partial charge in [0.1, 0.15) is 23.4 Å². The molecule has 3 rings (SSSR count). The SMILES string of the molecule is CCc1nc(C2CO2)nn1-c1ccc(F)cc1F. The second-order valence-electron chi connectivity index (χ2n) is 4.07. The van der Waals surface area contributed by atoms with Crippen LogP contribution in [0.2, 0.25) is 0 Å². The zero-order chi connectivity index (χ0) is 12.7. The van der Waals surface area contributed by atoms with Gasteiger partial charge in [-0.3, -0.25) is 0 Å². The van der Waals surface area contributed by atoms with E-state index in [9.17, 15) is 8.78 Å². The first-order chi connectivity index (χ1) is 8.69. The van der Waals surface area contributed by atoms with Crippen molar-refractivity contribution in [1.29, 1.82) is 0 Å². The van der Waals surface area contributed by atoms with E-state index in [1.165, 1.54) is 16.8 Å². The summed E-state index contributed by atoms with van der Waals surface area (Å²) in [4.78, 5) is 4.30. The first-order valence-electron chi connectivity index (χ1n) is 5.72. The average molecular weight is 251 g/mol. The topological polar surface area (TPSA) is 43.2 Å². The molecule has 1 aromatic carbocycles. The third-order valence-corrected chi connectivity index (χ3v) is 2.77. The third-order valence-electron chi connectivity index (χ3n) is 2.77. The lowest BCUT2D eigenvalue weighted by atomic mass is 10.3. The lowest BCUT2D eigenvalue weighted by Gasteiger charge is -2.05. The number of rotatable bonds is 3. The van der Waals surface area contributed by atoms with Crippen molar-refractivity contribution in [1.82, 2.24) is 14.8 Å². The van der Waals surface area contributed by atoms with Gasteiger partial charge < -0.3 is 4.74 Å². The van der Waals surface area contributed by atoms with Crippen LogP contribution in [0.25, 0.3) is 5.69 Å². The Kier molecular flexibility index (Phi) is 2.59. The Hall–Kier alpha value is -1.82. The van der Waals surface area contributed by atoms with Crippen LogP contribution in [-0.4, -0.2) is 21.4 Å². The quantitative estimate of drug-likeness (QED) is 0.785. The fourth-order valence-electron chi connectivity index (χ4n) is 1.77. The van der Waals surface area contributed by atoms with Crippen LogP contribution in [0.5, 0.6) is 0 Å². The average Bonchev–Trinajstić information content (AvgIpc) is 3.10. The van der Waals surface area contributed by atoms with Gasteiger partial charge in [-0.25, -0.2) is 18.4 Å². The van der Waals surface area contributed by atoms with Crippen LogP contribution in [0.1, 0.15) is 24.7 Å². The number of aromatic nitrogens is 3. The highest BCUT2D eigenvalue weighted by Gasteiger charge is 2.30. The predicted molar refractivity (Wildman–Crippen MR) is 59.3 cm³/mol. The first-order valence-corrected chi connectivity index (χ1v) is 5.72. The van der Waals surface area contributed by atoms with Crippen molar-refractivity contribution in [3.63, 3.8) is 0 Å². The lowest BCUT2D eigenvalue weighted by Crippen LogP contribution is -2.05. The normalized spacial score (nSPS) is 18.1. The fraction of sp³-hybridized carbons (Fsp3) is 0.333. The molecule has 1 fully saturated rings. The number of hydrogen-bond acceptors (Lipinski definition) is 3. The number of nitrogens with zero attached hydrogens (tertiary/aromatic N) is 3. The largest absolute Gasteiger partial charge is 0.365 e. The monoisotopic (exact) mass is 251 g/mol. The van der Waals surface area contributed by atoms with E-state index in [1.807, 2.05) is 6.92 Å². The molecule has 1 aromatic heterocycles. The standard InChI is InChI=1S/C12H11F2N3O/c1-2-11-15-12(10-6-18-10)16-17(11)9-4-3-7(13)5-8(9)14/h3-5,10H,2,6H2,1H3. The fourth-order valence-corrected chi connectivity index (χ4v) is 1.77. The second-order valence-corrected chi connectivity index (χ2v) is 4.07. The molecule has 0 saturated carbocycles. The van der Waals surface area contributed by atoms with Crippen molar-refractivity contribution in [3.8, 4) is 5.69 Å². The van der Waals surface area contributed by atoms with Gasteiger partial charge in [0, 0.05) is 12.5 Å². The zero-order valence-corrected chi connectivity index (χ0v) is 9.73. The Morgan fingerprint density at radius 1 is 1.44 bits per heavy atom. The summed E-state index contributed by atoms with van der Waals surface area (Å²) in [5.41, 5.74) is 0.202. The van der Waals surface area contributed by atoms with Crippen LogP contribution >= 0.6 is 0 Å². The molecule has 94 valence electrons. The summed E-state index contributed by atoms with van der Waals surface area (Å²) in [5.74, 6) is -0.0837. The van der Waals surface area contributed by atoms with E-state index in [0.717, 1.165) is 6.07 Å². The van der Waals surface area contributed by atoms with Gasteiger partial charge in [0.25, 0.3) is 0 Å². The molecule has 0 radical (unpaired) electrons. The minimum atomic E-state index is -0.655. The van der Waals surface area contributed by atoms with E-state index in [0.29, 0.717) is 24.7 Å². The zero-order valence-electron chi connectivity index (χ0n) is 9.73. The Morgan fingerprint density at radius 2 is 2.22 bits per heavy atom. The second kappa shape index (κ2) is 4.13. The van der Waals surface area contributed by atoms with E-state index < -0.39 is 11.6 Å². The molecule has 4 nitrogen and oxygen atoms in total. The minimum absolute atomic E-state index is 0.0833. The highest BCUT2D eigenvalue weighted by Crippen LogP contribution is 2.28. The highest BCUT2D eigenvalue weighted by atomic mass is 19.1. The van der Waals surface area contributed by atoms with Gasteiger partial charge in [-0.2, -0.15) is 0 Å². The van der Waals surface area contributed by atoms with Gasteiger partial charge in [0.05, 0.1) is 6.61 Å².